The Morgan fingerprint density at radius 2 is 2.00 bits per heavy atom. The topological polar surface area (TPSA) is 87.5 Å². The maximum atomic E-state index is 12.0. The zero-order chi connectivity index (χ0) is 15.2. The van der Waals surface area contributed by atoms with Crippen molar-refractivity contribution in [3.63, 3.8) is 0 Å². The van der Waals surface area contributed by atoms with E-state index in [1.807, 2.05) is 42.3 Å². The van der Waals surface area contributed by atoms with Crippen LogP contribution in [0.2, 0.25) is 0 Å². The minimum Gasteiger partial charge on any atom is -0.352 e. The monoisotopic (exact) mass is 290 g/mol. The first-order valence-electron chi connectivity index (χ1n) is 7.13. The summed E-state index contributed by atoms with van der Waals surface area (Å²) < 4.78 is 0. The number of carbonyl (C=O) groups excluding carboxylic acids is 2. The third kappa shape index (κ3) is 4.84. The molecule has 6 nitrogen and oxygen atoms in total. The smallest absolute Gasteiger partial charge is 0.242 e. The lowest BCUT2D eigenvalue weighted by Gasteiger charge is -2.22. The molecular formula is C15H22N4O2. The Morgan fingerprint density at radius 3 is 2.57 bits per heavy atom. The molecule has 1 saturated carbocycles. The Hall–Kier alpha value is -1.92. The van der Waals surface area contributed by atoms with E-state index in [9.17, 15) is 9.59 Å². The normalized spacial score (nSPS) is 15.6. The molecular weight excluding hydrogens is 268 g/mol. The van der Waals surface area contributed by atoms with Gasteiger partial charge in [-0.1, -0.05) is 30.3 Å². The molecule has 0 heterocycles. The number of likely N-dealkylation sites (N-methyl/N-ethyl adjacent to an activating group) is 1. The number of hydrogen-bond acceptors (Lipinski definition) is 4. The molecule has 4 N–H and O–H groups in total. The van der Waals surface area contributed by atoms with E-state index in [1.165, 1.54) is 0 Å². The quantitative estimate of drug-likeness (QED) is 0.374. The largest absolute Gasteiger partial charge is 0.352 e. The highest BCUT2D eigenvalue weighted by atomic mass is 16.2. The van der Waals surface area contributed by atoms with E-state index in [0.29, 0.717) is 12.6 Å². The minimum absolute atomic E-state index is 0.0000293. The second kappa shape index (κ2) is 7.19. The van der Waals surface area contributed by atoms with E-state index in [-0.39, 0.29) is 18.4 Å². The third-order valence-corrected chi connectivity index (χ3v) is 3.51. The van der Waals surface area contributed by atoms with Gasteiger partial charge in [-0.25, -0.2) is 5.84 Å². The molecule has 2 rings (SSSR count). The van der Waals surface area contributed by atoms with Crippen LogP contribution in [0, 0.1) is 0 Å². The molecule has 0 radical (unpaired) electrons. The molecule has 1 fully saturated rings. The third-order valence-electron chi connectivity index (χ3n) is 3.51. The number of nitrogens with zero attached hydrogens (tertiary/aromatic N) is 1. The Kier molecular flexibility index (Phi) is 5.30. The fraction of sp³-hybridized carbons (Fsp3) is 0.467. The first-order valence-corrected chi connectivity index (χ1v) is 7.13. The number of nitrogens with one attached hydrogen (secondary N) is 2. The van der Waals surface area contributed by atoms with E-state index in [4.69, 9.17) is 5.84 Å². The van der Waals surface area contributed by atoms with E-state index in [1.54, 1.807) is 0 Å². The van der Waals surface area contributed by atoms with Gasteiger partial charge in [0.05, 0.1) is 12.5 Å². The second-order valence-corrected chi connectivity index (χ2v) is 5.51. The molecule has 1 aromatic carbocycles. The van der Waals surface area contributed by atoms with Gasteiger partial charge in [0.25, 0.3) is 0 Å². The first kappa shape index (κ1) is 15.5. The minimum atomic E-state index is -0.394. The van der Waals surface area contributed by atoms with Gasteiger partial charge in [0.15, 0.2) is 0 Å². The standard InChI is InChI=1S/C15H22N4O2/c1-19(10-14(20)17-12-7-8-12)9-13(15(21)18-16)11-5-3-2-4-6-11/h2-6,12-13H,7-10,16H2,1H3,(H,17,20)(H,18,21). The van der Waals surface area contributed by atoms with Crippen LogP contribution in [-0.2, 0) is 9.59 Å². The summed E-state index contributed by atoms with van der Waals surface area (Å²) >= 11 is 0. The maximum absolute atomic E-state index is 12.0. The summed E-state index contributed by atoms with van der Waals surface area (Å²) in [6.45, 7) is 0.711. The molecule has 1 unspecified atom stereocenters. The number of carbonyl (C=O) groups is 2. The second-order valence-electron chi connectivity index (χ2n) is 5.51. The summed E-state index contributed by atoms with van der Waals surface area (Å²) in [4.78, 5) is 25.6. The molecule has 1 atom stereocenters. The predicted octanol–water partition coefficient (Wildman–Crippen LogP) is -0.0295. The lowest BCUT2D eigenvalue weighted by Crippen LogP contribution is -2.42. The van der Waals surface area contributed by atoms with Crippen LogP contribution in [0.4, 0.5) is 0 Å². The summed E-state index contributed by atoms with van der Waals surface area (Å²) in [6, 6.07) is 9.78. The zero-order valence-corrected chi connectivity index (χ0v) is 12.2. The van der Waals surface area contributed by atoms with Gasteiger partial charge < -0.3 is 5.32 Å². The van der Waals surface area contributed by atoms with Crippen LogP contribution >= 0.6 is 0 Å². The summed E-state index contributed by atoms with van der Waals surface area (Å²) in [6.07, 6.45) is 2.13. The van der Waals surface area contributed by atoms with Crippen molar-refractivity contribution < 1.29 is 9.59 Å². The van der Waals surface area contributed by atoms with Gasteiger partial charge in [-0.05, 0) is 25.5 Å². The van der Waals surface area contributed by atoms with Gasteiger partial charge in [0.1, 0.15) is 0 Å². The highest BCUT2D eigenvalue weighted by Crippen LogP contribution is 2.19. The fourth-order valence-corrected chi connectivity index (χ4v) is 2.25. The highest BCUT2D eigenvalue weighted by Gasteiger charge is 2.25. The van der Waals surface area contributed by atoms with Crippen molar-refractivity contribution in [2.24, 2.45) is 5.84 Å². The van der Waals surface area contributed by atoms with Crippen LogP contribution in [0.5, 0.6) is 0 Å². The van der Waals surface area contributed by atoms with Gasteiger partial charge >= 0.3 is 0 Å². The van der Waals surface area contributed by atoms with Crippen molar-refractivity contribution in [2.45, 2.75) is 24.8 Å². The van der Waals surface area contributed by atoms with Crippen molar-refractivity contribution in [2.75, 3.05) is 20.1 Å². The molecule has 0 spiro atoms. The van der Waals surface area contributed by atoms with Crippen LogP contribution in [0.1, 0.15) is 24.3 Å². The van der Waals surface area contributed by atoms with Crippen LogP contribution < -0.4 is 16.6 Å². The van der Waals surface area contributed by atoms with Gasteiger partial charge in [0.2, 0.25) is 11.8 Å². The molecule has 0 aliphatic heterocycles. The number of hydrogen-bond donors (Lipinski definition) is 3. The Bertz CT molecular complexity index is 488. The summed E-state index contributed by atoms with van der Waals surface area (Å²) in [7, 11) is 1.83. The number of benzene rings is 1. The van der Waals surface area contributed by atoms with Crippen molar-refractivity contribution in [1.82, 2.24) is 15.6 Å². The molecule has 0 saturated heterocycles. The molecule has 6 heteroatoms. The molecule has 1 aliphatic rings. The molecule has 21 heavy (non-hydrogen) atoms. The first-order chi connectivity index (χ1) is 10.1. The highest BCUT2D eigenvalue weighted by molar-refractivity contribution is 5.83. The average Bonchev–Trinajstić information content (AvgIpc) is 3.28. The van der Waals surface area contributed by atoms with E-state index in [0.717, 1.165) is 18.4 Å². The van der Waals surface area contributed by atoms with Crippen LogP contribution in [-0.4, -0.2) is 42.9 Å². The molecule has 1 aliphatic carbocycles. The number of hydrazine groups is 1. The number of amides is 2. The lowest BCUT2D eigenvalue weighted by atomic mass is 9.98. The van der Waals surface area contributed by atoms with Gasteiger partial charge in [0, 0.05) is 12.6 Å². The average molecular weight is 290 g/mol. The number of rotatable bonds is 7. The fourth-order valence-electron chi connectivity index (χ4n) is 2.25. The molecule has 0 bridgehead atoms. The Balaban J connectivity index is 1.94. The molecule has 0 aromatic heterocycles. The van der Waals surface area contributed by atoms with Crippen molar-refractivity contribution in [1.29, 1.82) is 0 Å². The summed E-state index contributed by atoms with van der Waals surface area (Å²) in [5.41, 5.74) is 3.08. The van der Waals surface area contributed by atoms with Crippen molar-refractivity contribution >= 4 is 11.8 Å². The van der Waals surface area contributed by atoms with E-state index in [2.05, 4.69) is 10.7 Å². The lowest BCUT2D eigenvalue weighted by molar-refractivity contribution is -0.125. The van der Waals surface area contributed by atoms with Gasteiger partial charge in [-0.15, -0.1) is 0 Å². The van der Waals surface area contributed by atoms with Gasteiger partial charge in [-0.3, -0.25) is 19.9 Å². The maximum Gasteiger partial charge on any atom is 0.242 e. The van der Waals surface area contributed by atoms with Crippen LogP contribution in [0.25, 0.3) is 0 Å². The van der Waals surface area contributed by atoms with Crippen LogP contribution in [0.3, 0.4) is 0 Å². The SMILES string of the molecule is CN(CC(=O)NC1CC1)CC(C(=O)NN)c1ccccc1. The van der Waals surface area contributed by atoms with Crippen LogP contribution in [0.15, 0.2) is 30.3 Å². The van der Waals surface area contributed by atoms with Crippen molar-refractivity contribution in [3.05, 3.63) is 35.9 Å². The van der Waals surface area contributed by atoms with Crippen molar-refractivity contribution in [3.8, 4) is 0 Å². The van der Waals surface area contributed by atoms with E-state index < -0.39 is 5.92 Å². The van der Waals surface area contributed by atoms with Gasteiger partial charge in [-0.2, -0.15) is 0 Å². The molecule has 1 aromatic rings. The number of nitrogens with two attached hydrogens (primary N) is 1. The Labute approximate surface area is 124 Å². The van der Waals surface area contributed by atoms with E-state index >= 15 is 0 Å². The summed E-state index contributed by atoms with van der Waals surface area (Å²) in [5.74, 6) is 4.62. The molecule has 2 amide bonds. The Morgan fingerprint density at radius 1 is 1.33 bits per heavy atom. The predicted molar refractivity (Wildman–Crippen MR) is 80.2 cm³/mol. The zero-order valence-electron chi connectivity index (χ0n) is 12.2. The molecule has 114 valence electrons. The summed E-state index contributed by atoms with van der Waals surface area (Å²) in [5, 5.41) is 2.94.